The summed E-state index contributed by atoms with van der Waals surface area (Å²) in [6, 6.07) is 10.3. The first-order valence-electron chi connectivity index (χ1n) is 5.76. The third-order valence-electron chi connectivity index (χ3n) is 2.23. The Morgan fingerprint density at radius 3 is 2.90 bits per heavy atom. The molecule has 6 nitrogen and oxygen atoms in total. The first-order chi connectivity index (χ1) is 10.2. The van der Waals surface area contributed by atoms with Crippen LogP contribution < -0.4 is 10.1 Å². The summed E-state index contributed by atoms with van der Waals surface area (Å²) in [6.07, 6.45) is 3.66. The summed E-state index contributed by atoms with van der Waals surface area (Å²) in [5, 5.41) is 19.4. The van der Waals surface area contributed by atoms with Gasteiger partial charge in [-0.1, -0.05) is 29.4 Å². The summed E-state index contributed by atoms with van der Waals surface area (Å²) in [6.45, 7) is 0. The monoisotopic (exact) mass is 319 g/mol. The number of aliphatic imine (C=N–C) groups is 1. The Morgan fingerprint density at radius 2 is 2.24 bits per heavy atom. The van der Waals surface area contributed by atoms with E-state index < -0.39 is 0 Å². The Hall–Kier alpha value is -2.30. The lowest BCUT2D eigenvalue weighted by Gasteiger charge is -2.05. The number of hydrogen-bond acceptors (Lipinski definition) is 6. The van der Waals surface area contributed by atoms with Crippen molar-refractivity contribution in [3.05, 3.63) is 41.6 Å². The lowest BCUT2D eigenvalue weighted by molar-refractivity contribution is 0.455. The van der Waals surface area contributed by atoms with Gasteiger partial charge in [-0.05, 0) is 24.5 Å². The van der Waals surface area contributed by atoms with Gasteiger partial charge in [0, 0.05) is 12.1 Å². The molecule has 0 aliphatic heterocycles. The van der Waals surface area contributed by atoms with Crippen molar-refractivity contribution in [3.8, 4) is 17.8 Å². The fourth-order valence-corrected chi connectivity index (χ4v) is 1.83. The van der Waals surface area contributed by atoms with Crippen molar-refractivity contribution in [2.75, 3.05) is 6.26 Å². The molecule has 1 N–H and O–H groups in total. The number of nitrogens with zero attached hydrogens (tertiary/aromatic N) is 4. The van der Waals surface area contributed by atoms with E-state index in [2.05, 4.69) is 20.5 Å². The zero-order valence-electron chi connectivity index (χ0n) is 10.9. The van der Waals surface area contributed by atoms with Crippen LogP contribution in [0.15, 0.2) is 41.4 Å². The van der Waals surface area contributed by atoms with E-state index in [0.29, 0.717) is 27.6 Å². The van der Waals surface area contributed by atoms with Crippen LogP contribution in [0.25, 0.3) is 0 Å². The Balaban J connectivity index is 2.17. The number of nitrogens with one attached hydrogen (secondary N) is 1. The van der Waals surface area contributed by atoms with E-state index in [1.165, 1.54) is 11.8 Å². The molecule has 1 heterocycles. The van der Waals surface area contributed by atoms with Crippen LogP contribution in [0.2, 0.25) is 5.15 Å². The Morgan fingerprint density at radius 1 is 1.38 bits per heavy atom. The molecule has 106 valence electrons. The van der Waals surface area contributed by atoms with Crippen molar-refractivity contribution < 1.29 is 4.74 Å². The molecule has 0 aliphatic rings. The summed E-state index contributed by atoms with van der Waals surface area (Å²) in [7, 11) is 0. The van der Waals surface area contributed by atoms with E-state index >= 15 is 0 Å². The van der Waals surface area contributed by atoms with Gasteiger partial charge in [-0.3, -0.25) is 5.32 Å². The average Bonchev–Trinajstić information content (AvgIpc) is 2.49. The van der Waals surface area contributed by atoms with Crippen LogP contribution in [-0.2, 0) is 0 Å². The minimum Gasteiger partial charge on any atom is -0.437 e. The molecule has 0 spiro atoms. The molecule has 0 amide bonds. The molecule has 0 aliphatic carbocycles. The van der Waals surface area contributed by atoms with E-state index in [1.807, 2.05) is 12.4 Å². The lowest BCUT2D eigenvalue weighted by atomic mass is 10.3. The highest BCUT2D eigenvalue weighted by molar-refractivity contribution is 8.13. The molecule has 21 heavy (non-hydrogen) atoms. The van der Waals surface area contributed by atoms with E-state index in [4.69, 9.17) is 21.6 Å². The number of nitriles is 1. The van der Waals surface area contributed by atoms with Crippen molar-refractivity contribution in [3.63, 3.8) is 0 Å². The Labute approximate surface area is 130 Å². The summed E-state index contributed by atoms with van der Waals surface area (Å²) >= 11 is 7.00. The number of benzene rings is 1. The molecule has 0 unspecified atom stereocenters. The minimum absolute atomic E-state index is 0.299. The van der Waals surface area contributed by atoms with Crippen LogP contribution in [-0.4, -0.2) is 21.6 Å². The maximum Gasteiger partial charge on any atom is 0.238 e. The van der Waals surface area contributed by atoms with Crippen molar-refractivity contribution >= 4 is 34.2 Å². The Bertz CT molecular complexity index is 684. The van der Waals surface area contributed by atoms with Gasteiger partial charge in [0.05, 0.1) is 5.69 Å². The third kappa shape index (κ3) is 4.63. The van der Waals surface area contributed by atoms with Crippen LogP contribution in [0.5, 0.6) is 11.6 Å². The highest BCUT2D eigenvalue weighted by atomic mass is 35.5. The highest BCUT2D eigenvalue weighted by Crippen LogP contribution is 2.24. The predicted molar refractivity (Wildman–Crippen MR) is 82.9 cm³/mol. The molecule has 0 bridgehead atoms. The number of thioether (sulfide) groups is 1. The van der Waals surface area contributed by atoms with E-state index in [-0.39, 0.29) is 0 Å². The standard InChI is InChI=1S/C13H10ClN5OS/c1-21-13(16-8-15)17-9-3-2-4-10(7-9)20-12-6-5-11(14)18-19-12/h2-7H,1H3,(H,16,17). The molecule has 2 aromatic rings. The van der Waals surface area contributed by atoms with Gasteiger partial charge in [0.2, 0.25) is 5.88 Å². The van der Waals surface area contributed by atoms with Crippen LogP contribution >= 0.6 is 23.4 Å². The topological polar surface area (TPSA) is 83.2 Å². The number of amidine groups is 1. The van der Waals surface area contributed by atoms with Gasteiger partial charge in [0.25, 0.3) is 0 Å². The zero-order valence-corrected chi connectivity index (χ0v) is 12.5. The van der Waals surface area contributed by atoms with Crippen LogP contribution in [0.3, 0.4) is 0 Å². The van der Waals surface area contributed by atoms with Gasteiger partial charge in [-0.2, -0.15) is 5.26 Å². The second kappa shape index (κ2) is 7.47. The zero-order chi connectivity index (χ0) is 15.1. The normalized spacial score (nSPS) is 10.8. The second-order valence-electron chi connectivity index (χ2n) is 3.65. The Kier molecular flexibility index (Phi) is 5.37. The minimum atomic E-state index is 0.299. The average molecular weight is 320 g/mol. The number of hydrogen-bond donors (Lipinski definition) is 1. The summed E-state index contributed by atoms with van der Waals surface area (Å²) < 4.78 is 5.56. The van der Waals surface area contributed by atoms with Crippen molar-refractivity contribution in [1.29, 1.82) is 5.26 Å². The molecule has 0 saturated carbocycles. The molecule has 0 radical (unpaired) electrons. The van der Waals surface area contributed by atoms with Crippen LogP contribution in [0, 0.1) is 11.5 Å². The summed E-state index contributed by atoms with van der Waals surface area (Å²) in [5.41, 5.74) is 0.654. The number of halogens is 1. The van der Waals surface area contributed by atoms with Gasteiger partial charge in [0.15, 0.2) is 16.5 Å². The quantitative estimate of drug-likeness (QED) is 0.404. The van der Waals surface area contributed by atoms with Crippen molar-refractivity contribution in [2.24, 2.45) is 4.99 Å². The molecule has 0 saturated heterocycles. The fraction of sp³-hybridized carbons (Fsp3) is 0.0769. The molecular weight excluding hydrogens is 310 g/mol. The smallest absolute Gasteiger partial charge is 0.238 e. The molecule has 0 fully saturated rings. The molecule has 8 heteroatoms. The van der Waals surface area contributed by atoms with Gasteiger partial charge >= 0.3 is 0 Å². The SMILES string of the molecule is CSC(=Nc1cccc(Oc2ccc(Cl)nn2)c1)NC#N. The lowest BCUT2D eigenvalue weighted by Crippen LogP contribution is -2.12. The second-order valence-corrected chi connectivity index (χ2v) is 4.83. The van der Waals surface area contributed by atoms with E-state index in [0.717, 1.165) is 0 Å². The van der Waals surface area contributed by atoms with Gasteiger partial charge in [0.1, 0.15) is 5.75 Å². The first kappa shape index (κ1) is 15.1. The van der Waals surface area contributed by atoms with E-state index in [9.17, 15) is 0 Å². The number of ether oxygens (including phenoxy) is 1. The maximum absolute atomic E-state index is 8.61. The van der Waals surface area contributed by atoms with Crippen LogP contribution in [0.4, 0.5) is 5.69 Å². The molecule has 0 atom stereocenters. The summed E-state index contributed by atoms with van der Waals surface area (Å²) in [5.74, 6) is 0.894. The first-order valence-corrected chi connectivity index (χ1v) is 7.36. The molecule has 1 aromatic heterocycles. The van der Waals surface area contributed by atoms with Crippen molar-refractivity contribution in [2.45, 2.75) is 0 Å². The number of aromatic nitrogens is 2. The fourth-order valence-electron chi connectivity index (χ4n) is 1.39. The third-order valence-corrected chi connectivity index (χ3v) is 3.02. The predicted octanol–water partition coefficient (Wildman–Crippen LogP) is 3.34. The van der Waals surface area contributed by atoms with Crippen LogP contribution in [0.1, 0.15) is 0 Å². The van der Waals surface area contributed by atoms with E-state index in [1.54, 1.807) is 36.4 Å². The molecule has 1 aromatic carbocycles. The molecular formula is C13H10ClN5OS. The number of rotatable bonds is 3. The molecule has 2 rings (SSSR count). The maximum atomic E-state index is 8.61. The summed E-state index contributed by atoms with van der Waals surface area (Å²) in [4.78, 5) is 4.29. The van der Waals surface area contributed by atoms with Gasteiger partial charge < -0.3 is 4.74 Å². The highest BCUT2D eigenvalue weighted by Gasteiger charge is 2.02. The van der Waals surface area contributed by atoms with Gasteiger partial charge in [-0.15, -0.1) is 10.2 Å². The largest absolute Gasteiger partial charge is 0.437 e. The van der Waals surface area contributed by atoms with Crippen molar-refractivity contribution in [1.82, 2.24) is 15.5 Å². The van der Waals surface area contributed by atoms with Gasteiger partial charge in [-0.25, -0.2) is 4.99 Å².